The van der Waals surface area contributed by atoms with Gasteiger partial charge in [-0.25, -0.2) is 4.79 Å². The molecule has 1 atom stereocenters. The zero-order valence-electron chi connectivity index (χ0n) is 30.0. The average molecular weight is 638 g/mol. The molecular formula is C39H75NO5. The fourth-order valence-corrected chi connectivity index (χ4v) is 6.01. The third-order valence-electron chi connectivity index (χ3n) is 9.02. The number of carbonyl (C=O) groups is 3. The molecule has 0 aromatic heterocycles. The number of aliphatic carboxylic acids is 1. The van der Waals surface area contributed by atoms with Crippen molar-refractivity contribution in [3.8, 4) is 0 Å². The summed E-state index contributed by atoms with van der Waals surface area (Å²) >= 11 is 0. The van der Waals surface area contributed by atoms with E-state index < -0.39 is 18.0 Å². The highest BCUT2D eigenvalue weighted by molar-refractivity contribution is 5.84. The molecule has 0 heterocycles. The van der Waals surface area contributed by atoms with Crippen molar-refractivity contribution >= 4 is 17.8 Å². The lowest BCUT2D eigenvalue weighted by atomic mass is 10.0. The number of carbonyl (C=O) groups excluding carboxylic acids is 2. The molecule has 2 N–H and O–H groups in total. The van der Waals surface area contributed by atoms with Gasteiger partial charge in [0.1, 0.15) is 6.04 Å². The molecular weight excluding hydrogens is 562 g/mol. The van der Waals surface area contributed by atoms with Crippen molar-refractivity contribution < 1.29 is 24.2 Å². The molecule has 0 aromatic rings. The number of hydrogen-bond donors (Lipinski definition) is 2. The second kappa shape index (κ2) is 35.3. The van der Waals surface area contributed by atoms with Crippen molar-refractivity contribution in [2.45, 2.75) is 225 Å². The van der Waals surface area contributed by atoms with Crippen molar-refractivity contribution in [1.29, 1.82) is 0 Å². The lowest BCUT2D eigenvalue weighted by Gasteiger charge is -2.17. The van der Waals surface area contributed by atoms with Crippen LogP contribution in [0.4, 0.5) is 0 Å². The molecule has 0 aromatic carbocycles. The van der Waals surface area contributed by atoms with Gasteiger partial charge in [-0.3, -0.25) is 9.59 Å². The number of rotatable bonds is 36. The number of carboxylic acid groups (broad SMARTS) is 1. The molecule has 0 aliphatic carbocycles. The molecule has 6 nitrogen and oxygen atoms in total. The third kappa shape index (κ3) is 33.6. The molecule has 0 bridgehead atoms. The fourth-order valence-electron chi connectivity index (χ4n) is 6.01. The standard InChI is InChI=1S/C39H75NO5/c1-3-5-7-9-11-13-15-17-18-19-20-21-22-24-26-28-30-32-37(41)40-36(33-34-38(42)43)39(44)45-35-31-29-27-25-23-16-14-12-10-8-6-4-2/h36H,3-35H2,1-2H3,(H,40,41)(H,42,43)/t36-/m0/s1. The van der Waals surface area contributed by atoms with Gasteiger partial charge in [0.15, 0.2) is 0 Å². The summed E-state index contributed by atoms with van der Waals surface area (Å²) in [5.41, 5.74) is 0. The molecule has 0 unspecified atom stereocenters. The number of amides is 1. The van der Waals surface area contributed by atoms with E-state index in [1.54, 1.807) is 0 Å². The summed E-state index contributed by atoms with van der Waals surface area (Å²) in [7, 11) is 0. The van der Waals surface area contributed by atoms with Gasteiger partial charge in [0.2, 0.25) is 5.91 Å². The Kier molecular flexibility index (Phi) is 34.0. The van der Waals surface area contributed by atoms with Crippen LogP contribution in [0.15, 0.2) is 0 Å². The summed E-state index contributed by atoms with van der Waals surface area (Å²) in [6, 6.07) is -0.878. The normalized spacial score (nSPS) is 11.9. The molecule has 0 saturated heterocycles. The van der Waals surface area contributed by atoms with Crippen molar-refractivity contribution in [1.82, 2.24) is 5.32 Å². The van der Waals surface area contributed by atoms with Gasteiger partial charge in [-0.1, -0.05) is 187 Å². The second-order valence-electron chi connectivity index (χ2n) is 13.5. The highest BCUT2D eigenvalue weighted by Gasteiger charge is 2.23. The molecule has 0 fully saturated rings. The van der Waals surface area contributed by atoms with Crippen LogP contribution >= 0.6 is 0 Å². The number of ether oxygens (including phenoxy) is 1. The highest BCUT2D eigenvalue weighted by atomic mass is 16.5. The lowest BCUT2D eigenvalue weighted by molar-refractivity contribution is -0.148. The van der Waals surface area contributed by atoms with Gasteiger partial charge >= 0.3 is 11.9 Å². The SMILES string of the molecule is CCCCCCCCCCCCCCCCCCCC(=O)N[C@@H](CCC(=O)O)C(=O)OCCCCCCCCCCCCCC. The van der Waals surface area contributed by atoms with Crippen molar-refractivity contribution in [3.63, 3.8) is 0 Å². The van der Waals surface area contributed by atoms with Crippen LogP contribution in [0.1, 0.15) is 219 Å². The molecule has 45 heavy (non-hydrogen) atoms. The van der Waals surface area contributed by atoms with Gasteiger partial charge in [0, 0.05) is 12.8 Å². The zero-order valence-corrected chi connectivity index (χ0v) is 30.0. The second-order valence-corrected chi connectivity index (χ2v) is 13.5. The molecule has 0 spiro atoms. The van der Waals surface area contributed by atoms with Crippen LogP contribution in [0.25, 0.3) is 0 Å². The molecule has 0 saturated carbocycles. The Morgan fingerprint density at radius 3 is 1.18 bits per heavy atom. The van der Waals surface area contributed by atoms with E-state index in [1.165, 1.54) is 148 Å². The molecule has 266 valence electrons. The molecule has 0 rings (SSSR count). The number of carboxylic acids is 1. The van der Waals surface area contributed by atoms with Crippen molar-refractivity contribution in [3.05, 3.63) is 0 Å². The molecule has 0 aliphatic rings. The Balaban J connectivity index is 3.80. The summed E-state index contributed by atoms with van der Waals surface area (Å²) in [4.78, 5) is 36.2. The van der Waals surface area contributed by atoms with E-state index in [4.69, 9.17) is 9.84 Å². The van der Waals surface area contributed by atoms with E-state index in [9.17, 15) is 14.4 Å². The summed E-state index contributed by atoms with van der Waals surface area (Å²) in [6.07, 6.45) is 37.1. The Bertz CT molecular complexity index is 668. The Hall–Kier alpha value is -1.59. The molecule has 6 heteroatoms. The Labute approximate surface area is 279 Å². The van der Waals surface area contributed by atoms with Gasteiger partial charge < -0.3 is 15.2 Å². The molecule has 1 amide bonds. The maximum Gasteiger partial charge on any atom is 0.328 e. The molecule has 0 aliphatic heterocycles. The average Bonchev–Trinajstić information content (AvgIpc) is 3.02. The maximum atomic E-state index is 12.6. The van der Waals surface area contributed by atoms with E-state index in [2.05, 4.69) is 19.2 Å². The minimum Gasteiger partial charge on any atom is -0.481 e. The predicted octanol–water partition coefficient (Wildman–Crippen LogP) is 11.6. The topological polar surface area (TPSA) is 92.7 Å². The van der Waals surface area contributed by atoms with E-state index >= 15 is 0 Å². The predicted molar refractivity (Wildman–Crippen MR) is 190 cm³/mol. The third-order valence-corrected chi connectivity index (χ3v) is 9.02. The van der Waals surface area contributed by atoms with Crippen LogP contribution in [0.3, 0.4) is 0 Å². The molecule has 0 radical (unpaired) electrons. The Morgan fingerprint density at radius 1 is 0.489 bits per heavy atom. The first kappa shape index (κ1) is 43.4. The van der Waals surface area contributed by atoms with Crippen LogP contribution in [0.2, 0.25) is 0 Å². The minimum absolute atomic E-state index is 0.0669. The van der Waals surface area contributed by atoms with E-state index in [1.807, 2.05) is 0 Å². The largest absolute Gasteiger partial charge is 0.481 e. The monoisotopic (exact) mass is 638 g/mol. The van der Waals surface area contributed by atoms with Crippen LogP contribution in [-0.2, 0) is 19.1 Å². The van der Waals surface area contributed by atoms with Gasteiger partial charge in [-0.2, -0.15) is 0 Å². The zero-order chi connectivity index (χ0) is 33.1. The fraction of sp³-hybridized carbons (Fsp3) is 0.923. The quantitative estimate of drug-likeness (QED) is 0.0526. The summed E-state index contributed by atoms with van der Waals surface area (Å²) < 4.78 is 5.42. The minimum atomic E-state index is -0.976. The number of unbranched alkanes of at least 4 members (excludes halogenated alkanes) is 27. The van der Waals surface area contributed by atoms with Crippen LogP contribution in [-0.4, -0.2) is 35.6 Å². The Morgan fingerprint density at radius 2 is 0.822 bits per heavy atom. The first-order valence-corrected chi connectivity index (χ1v) is 19.7. The highest BCUT2D eigenvalue weighted by Crippen LogP contribution is 2.15. The summed E-state index contributed by atoms with van der Waals surface area (Å²) in [5, 5.41) is 11.8. The maximum absolute atomic E-state index is 12.6. The number of hydrogen-bond acceptors (Lipinski definition) is 4. The van der Waals surface area contributed by atoms with Gasteiger partial charge in [-0.15, -0.1) is 0 Å². The van der Waals surface area contributed by atoms with Crippen molar-refractivity contribution in [2.24, 2.45) is 0 Å². The van der Waals surface area contributed by atoms with Crippen LogP contribution < -0.4 is 5.32 Å². The summed E-state index contributed by atoms with van der Waals surface area (Å²) in [6.45, 7) is 4.85. The van der Waals surface area contributed by atoms with Crippen LogP contribution in [0.5, 0.6) is 0 Å². The smallest absolute Gasteiger partial charge is 0.328 e. The first-order chi connectivity index (χ1) is 22.0. The van der Waals surface area contributed by atoms with Crippen molar-refractivity contribution in [2.75, 3.05) is 6.61 Å². The van der Waals surface area contributed by atoms with E-state index in [-0.39, 0.29) is 18.7 Å². The first-order valence-electron chi connectivity index (χ1n) is 19.7. The van der Waals surface area contributed by atoms with E-state index in [0.717, 1.165) is 38.5 Å². The number of esters is 1. The van der Waals surface area contributed by atoms with E-state index in [0.29, 0.717) is 13.0 Å². The lowest BCUT2D eigenvalue weighted by Crippen LogP contribution is -2.42. The number of nitrogens with one attached hydrogen (secondary N) is 1. The van der Waals surface area contributed by atoms with Crippen LogP contribution in [0, 0.1) is 0 Å². The summed E-state index contributed by atoms with van der Waals surface area (Å²) in [5.74, 6) is -1.67. The van der Waals surface area contributed by atoms with Gasteiger partial charge in [-0.05, 0) is 19.3 Å². The van der Waals surface area contributed by atoms with Gasteiger partial charge in [0.25, 0.3) is 0 Å². The van der Waals surface area contributed by atoms with Gasteiger partial charge in [0.05, 0.1) is 6.61 Å².